The molecule has 0 amide bonds. The van der Waals surface area contributed by atoms with Crippen LogP contribution in [-0.2, 0) is 0 Å². The molecule has 3 nitrogen and oxygen atoms in total. The average Bonchev–Trinajstić information content (AvgIpc) is 2.97. The molecule has 0 spiro atoms. The fourth-order valence-corrected chi connectivity index (χ4v) is 3.37. The van der Waals surface area contributed by atoms with Gasteiger partial charge in [0.2, 0.25) is 5.84 Å². The minimum absolute atomic E-state index is 0.310. The lowest BCUT2D eigenvalue weighted by atomic mass is 10.1. The van der Waals surface area contributed by atoms with Crippen molar-refractivity contribution in [3.8, 4) is 5.75 Å². The van der Waals surface area contributed by atoms with Gasteiger partial charge in [-0.2, -0.15) is 4.99 Å². The molecule has 0 bridgehead atoms. The third-order valence-electron chi connectivity index (χ3n) is 4.69. The van der Waals surface area contributed by atoms with Crippen LogP contribution in [0.5, 0.6) is 5.75 Å². The van der Waals surface area contributed by atoms with Gasteiger partial charge in [-0.05, 0) is 31.0 Å². The average molecular weight is 323 g/mol. The van der Waals surface area contributed by atoms with Crippen molar-refractivity contribution in [2.45, 2.75) is 45.4 Å². The van der Waals surface area contributed by atoms with E-state index in [9.17, 15) is 5.11 Å². The number of fused-ring (bicyclic) bond motifs is 1. The second kappa shape index (κ2) is 8.11. The Morgan fingerprint density at radius 3 is 2.42 bits per heavy atom. The van der Waals surface area contributed by atoms with Crippen molar-refractivity contribution in [3.63, 3.8) is 0 Å². The number of nitrogens with zero attached hydrogens (tertiary/aromatic N) is 1. The van der Waals surface area contributed by atoms with Crippen molar-refractivity contribution in [1.82, 2.24) is 0 Å². The minimum atomic E-state index is 0.310. The number of phenols is 1. The fraction of sp³-hybridized carbons (Fsp3) is 0.381. The highest BCUT2D eigenvalue weighted by atomic mass is 16.3. The summed E-state index contributed by atoms with van der Waals surface area (Å²) in [7, 11) is 0. The van der Waals surface area contributed by atoms with E-state index < -0.39 is 0 Å². The Morgan fingerprint density at radius 1 is 0.875 bits per heavy atom. The van der Waals surface area contributed by atoms with Gasteiger partial charge < -0.3 is 5.11 Å². The van der Waals surface area contributed by atoms with Crippen molar-refractivity contribution in [2.75, 3.05) is 6.54 Å². The van der Waals surface area contributed by atoms with Gasteiger partial charge in [0.1, 0.15) is 11.4 Å². The Balaban J connectivity index is 1.74. The third kappa shape index (κ3) is 3.68. The Labute approximate surface area is 144 Å². The van der Waals surface area contributed by atoms with Crippen LogP contribution in [0.3, 0.4) is 0 Å². The highest BCUT2D eigenvalue weighted by Crippen LogP contribution is 2.28. The number of hydrogen-bond donors (Lipinski definition) is 2. The maximum absolute atomic E-state index is 10.2. The molecule has 1 aliphatic heterocycles. The molecule has 126 valence electrons. The number of unbranched alkanes of at least 4 members (excludes halogenated alkanes) is 5. The Kier molecular flexibility index (Phi) is 5.65. The minimum Gasteiger partial charge on any atom is -0.507 e. The first-order chi connectivity index (χ1) is 11.8. The van der Waals surface area contributed by atoms with Crippen LogP contribution >= 0.6 is 0 Å². The van der Waals surface area contributed by atoms with Crippen LogP contribution in [0.2, 0.25) is 0 Å². The van der Waals surface area contributed by atoms with Gasteiger partial charge >= 0.3 is 0 Å². The molecule has 2 aromatic carbocycles. The Morgan fingerprint density at radius 2 is 1.58 bits per heavy atom. The first kappa shape index (κ1) is 16.7. The topological polar surface area (TPSA) is 37.0 Å². The number of rotatable bonds is 8. The molecule has 0 radical (unpaired) electrons. The highest BCUT2D eigenvalue weighted by molar-refractivity contribution is 6.00. The largest absolute Gasteiger partial charge is 0.507 e. The standard InChI is InChI=1S/C21H26N2O/c1-2-3-4-5-6-11-16-23-19-14-9-8-13-18(19)22-21(23)17-12-7-10-15-20(17)24/h7-10,12-15,24H,2-6,11,16H2,1H3/p+1. The summed E-state index contributed by atoms with van der Waals surface area (Å²) in [6.45, 7) is 3.27. The molecule has 2 N–H and O–H groups in total. The smallest absolute Gasteiger partial charge is 0.243 e. The van der Waals surface area contributed by atoms with Gasteiger partial charge in [-0.1, -0.05) is 56.9 Å². The van der Waals surface area contributed by atoms with Crippen LogP contribution in [0.15, 0.2) is 53.5 Å². The first-order valence-electron chi connectivity index (χ1n) is 9.14. The van der Waals surface area contributed by atoms with E-state index >= 15 is 0 Å². The van der Waals surface area contributed by atoms with Gasteiger partial charge in [-0.3, -0.25) is 4.90 Å². The molecule has 24 heavy (non-hydrogen) atoms. The summed E-state index contributed by atoms with van der Waals surface area (Å²) in [6, 6.07) is 15.8. The highest BCUT2D eigenvalue weighted by Gasteiger charge is 2.31. The molecule has 3 heteroatoms. The third-order valence-corrected chi connectivity index (χ3v) is 4.69. The molecule has 1 aliphatic rings. The SMILES string of the molecule is CCCCCCCC[NH+]1C(c2ccccc2O)=Nc2ccccc21. The fourth-order valence-electron chi connectivity index (χ4n) is 3.37. The second-order valence-electron chi connectivity index (χ2n) is 6.49. The normalized spacial score (nSPS) is 16.0. The summed E-state index contributed by atoms with van der Waals surface area (Å²) in [5.74, 6) is 1.26. The van der Waals surface area contributed by atoms with Crippen LogP contribution in [-0.4, -0.2) is 17.5 Å². The van der Waals surface area contributed by atoms with Gasteiger partial charge in [0.15, 0.2) is 5.69 Å². The molecule has 1 atom stereocenters. The zero-order valence-corrected chi connectivity index (χ0v) is 14.5. The van der Waals surface area contributed by atoms with Gasteiger partial charge in [0, 0.05) is 6.07 Å². The molecular formula is C21H27N2O+. The number of amidine groups is 1. The number of quaternary nitrogens is 1. The van der Waals surface area contributed by atoms with Crippen molar-refractivity contribution in [3.05, 3.63) is 54.1 Å². The number of hydrogen-bond acceptors (Lipinski definition) is 2. The number of benzene rings is 2. The molecule has 1 heterocycles. The molecule has 0 fully saturated rings. The number of phenolic OH excluding ortho intramolecular Hbond substituents is 1. The predicted molar refractivity (Wildman–Crippen MR) is 99.6 cm³/mol. The lowest BCUT2D eigenvalue weighted by Gasteiger charge is -2.16. The molecule has 0 aromatic heterocycles. The molecule has 0 aliphatic carbocycles. The maximum Gasteiger partial charge on any atom is 0.243 e. The summed E-state index contributed by atoms with van der Waals surface area (Å²) in [5.41, 5.74) is 3.09. The van der Waals surface area contributed by atoms with Crippen LogP contribution in [0, 0.1) is 0 Å². The molecule has 0 saturated heterocycles. The molecule has 0 saturated carbocycles. The van der Waals surface area contributed by atoms with Crippen molar-refractivity contribution >= 4 is 17.2 Å². The second-order valence-corrected chi connectivity index (χ2v) is 6.49. The lowest BCUT2D eigenvalue weighted by molar-refractivity contribution is -0.727. The molecule has 2 aromatic rings. The Bertz CT molecular complexity index is 708. The van der Waals surface area contributed by atoms with Gasteiger partial charge in [-0.25, -0.2) is 0 Å². The van der Waals surface area contributed by atoms with Crippen molar-refractivity contribution in [1.29, 1.82) is 0 Å². The summed E-state index contributed by atoms with van der Waals surface area (Å²) in [4.78, 5) is 6.09. The van der Waals surface area contributed by atoms with E-state index in [-0.39, 0.29) is 0 Å². The summed E-state index contributed by atoms with van der Waals surface area (Å²) >= 11 is 0. The van der Waals surface area contributed by atoms with E-state index in [1.807, 2.05) is 24.3 Å². The number of nitrogens with one attached hydrogen (secondary N) is 1. The van der Waals surface area contributed by atoms with E-state index in [1.165, 1.54) is 49.1 Å². The lowest BCUT2D eigenvalue weighted by Crippen LogP contribution is -3.09. The van der Waals surface area contributed by atoms with Crippen molar-refractivity contribution in [2.24, 2.45) is 4.99 Å². The quantitative estimate of drug-likeness (QED) is 0.696. The van der Waals surface area contributed by atoms with Crippen LogP contribution in [0.25, 0.3) is 0 Å². The predicted octanol–water partition coefficient (Wildman–Crippen LogP) is 4.36. The van der Waals surface area contributed by atoms with Gasteiger partial charge in [0.05, 0.1) is 12.1 Å². The van der Waals surface area contributed by atoms with E-state index in [2.05, 4.69) is 25.1 Å². The number of para-hydroxylation sites is 3. The van der Waals surface area contributed by atoms with E-state index in [1.54, 1.807) is 6.07 Å². The number of aromatic hydroxyl groups is 1. The monoisotopic (exact) mass is 323 g/mol. The van der Waals surface area contributed by atoms with E-state index in [0.717, 1.165) is 23.6 Å². The number of aliphatic imine (C=N–C) groups is 1. The van der Waals surface area contributed by atoms with Crippen LogP contribution in [0.1, 0.15) is 51.0 Å². The van der Waals surface area contributed by atoms with Gasteiger partial charge in [-0.15, -0.1) is 0 Å². The summed E-state index contributed by atoms with van der Waals surface area (Å²) in [6.07, 6.45) is 7.72. The van der Waals surface area contributed by atoms with Gasteiger partial charge in [0.25, 0.3) is 0 Å². The summed E-state index contributed by atoms with van der Waals surface area (Å²) in [5, 5.41) is 10.2. The van der Waals surface area contributed by atoms with Crippen molar-refractivity contribution < 1.29 is 10.0 Å². The molecule has 3 rings (SSSR count). The van der Waals surface area contributed by atoms with Crippen LogP contribution in [0.4, 0.5) is 11.4 Å². The first-order valence-corrected chi connectivity index (χ1v) is 9.14. The zero-order valence-electron chi connectivity index (χ0n) is 14.5. The zero-order chi connectivity index (χ0) is 16.8. The van der Waals surface area contributed by atoms with E-state index in [0.29, 0.717) is 5.75 Å². The Hall–Kier alpha value is -2.13. The van der Waals surface area contributed by atoms with E-state index in [4.69, 9.17) is 4.99 Å². The molecule has 1 unspecified atom stereocenters. The maximum atomic E-state index is 10.2. The molecular weight excluding hydrogens is 296 g/mol. The van der Waals surface area contributed by atoms with Crippen LogP contribution < -0.4 is 4.90 Å². The summed E-state index contributed by atoms with van der Waals surface area (Å²) < 4.78 is 0.